The molecular weight excluding hydrogens is 514 g/mol. The number of nitrogens with one attached hydrogen (secondary N) is 1. The highest BCUT2D eigenvalue weighted by molar-refractivity contribution is 7.92. The third-order valence-corrected chi connectivity index (χ3v) is 8.49. The van der Waals surface area contributed by atoms with Crippen LogP contribution in [0.4, 0.5) is 5.69 Å². The van der Waals surface area contributed by atoms with Gasteiger partial charge in [0.25, 0.3) is 0 Å². The molecule has 0 aromatic heterocycles. The molecule has 0 bridgehead atoms. The third-order valence-electron chi connectivity index (χ3n) is 7.30. The Kier molecular flexibility index (Phi) is 11.2. The maximum absolute atomic E-state index is 13.7. The quantitative estimate of drug-likeness (QED) is 0.382. The molecule has 0 heterocycles. The van der Waals surface area contributed by atoms with Gasteiger partial charge in [-0.2, -0.15) is 0 Å². The Hall–Kier alpha value is -3.07. The number of anilines is 1. The van der Waals surface area contributed by atoms with Crippen molar-refractivity contribution in [1.29, 1.82) is 0 Å². The molecule has 3 rings (SSSR count). The second-order valence-corrected chi connectivity index (χ2v) is 12.3. The molecule has 214 valence electrons. The van der Waals surface area contributed by atoms with E-state index in [1.165, 1.54) is 17.0 Å². The van der Waals surface area contributed by atoms with Crippen molar-refractivity contribution in [2.75, 3.05) is 24.2 Å². The smallest absolute Gasteiger partial charge is 0.243 e. The summed E-state index contributed by atoms with van der Waals surface area (Å²) in [5.74, 6) is 0.375. The van der Waals surface area contributed by atoms with Gasteiger partial charge in [-0.1, -0.05) is 56.0 Å². The molecule has 1 aliphatic rings. The van der Waals surface area contributed by atoms with E-state index in [-0.39, 0.29) is 37.4 Å². The minimum absolute atomic E-state index is 0.120. The predicted octanol–water partition coefficient (Wildman–Crippen LogP) is 4.81. The van der Waals surface area contributed by atoms with Crippen molar-refractivity contribution in [1.82, 2.24) is 10.2 Å². The first-order chi connectivity index (χ1) is 18.6. The zero-order valence-corrected chi connectivity index (χ0v) is 24.5. The van der Waals surface area contributed by atoms with Gasteiger partial charge in [-0.05, 0) is 62.4 Å². The van der Waals surface area contributed by atoms with Gasteiger partial charge in [0.15, 0.2) is 0 Å². The maximum atomic E-state index is 13.7. The van der Waals surface area contributed by atoms with Crippen molar-refractivity contribution in [3.05, 3.63) is 59.7 Å². The number of hydrogen-bond acceptors (Lipinski definition) is 5. The van der Waals surface area contributed by atoms with Crippen LogP contribution in [-0.2, 0) is 26.2 Å². The Labute approximate surface area is 233 Å². The van der Waals surface area contributed by atoms with Gasteiger partial charge in [-0.15, -0.1) is 0 Å². The lowest BCUT2D eigenvalue weighted by Crippen LogP contribution is -2.51. The van der Waals surface area contributed by atoms with Gasteiger partial charge in [-0.3, -0.25) is 13.9 Å². The lowest BCUT2D eigenvalue weighted by Gasteiger charge is -2.33. The van der Waals surface area contributed by atoms with Gasteiger partial charge in [0.1, 0.15) is 11.8 Å². The summed E-state index contributed by atoms with van der Waals surface area (Å²) in [5.41, 5.74) is 2.47. The highest BCUT2D eigenvalue weighted by Crippen LogP contribution is 2.22. The predicted molar refractivity (Wildman–Crippen MR) is 155 cm³/mol. The number of carbonyl (C=O) groups excluding carboxylic acids is 2. The van der Waals surface area contributed by atoms with E-state index in [9.17, 15) is 18.0 Å². The first kappa shape index (κ1) is 30.5. The van der Waals surface area contributed by atoms with Crippen LogP contribution in [0, 0.1) is 6.92 Å². The van der Waals surface area contributed by atoms with Crippen molar-refractivity contribution < 1.29 is 22.7 Å². The van der Waals surface area contributed by atoms with Crippen LogP contribution in [0.5, 0.6) is 5.75 Å². The number of sulfonamides is 1. The number of carbonyl (C=O) groups is 2. The van der Waals surface area contributed by atoms with E-state index in [1.54, 1.807) is 24.1 Å². The van der Waals surface area contributed by atoms with E-state index in [0.29, 0.717) is 24.3 Å². The zero-order chi connectivity index (χ0) is 28.4. The lowest BCUT2D eigenvalue weighted by molar-refractivity contribution is -0.141. The molecule has 1 saturated carbocycles. The number of hydrogen-bond donors (Lipinski definition) is 1. The summed E-state index contributed by atoms with van der Waals surface area (Å²) in [5, 5.41) is 3.19. The van der Waals surface area contributed by atoms with Crippen LogP contribution in [0.15, 0.2) is 48.5 Å². The van der Waals surface area contributed by atoms with Gasteiger partial charge in [0.2, 0.25) is 21.8 Å². The Morgan fingerprint density at radius 2 is 1.77 bits per heavy atom. The minimum atomic E-state index is -3.53. The molecule has 2 aromatic rings. The number of aryl methyl sites for hydroxylation is 1. The van der Waals surface area contributed by atoms with Gasteiger partial charge in [0.05, 0.1) is 19.1 Å². The molecule has 1 fully saturated rings. The molecule has 2 aromatic carbocycles. The Balaban J connectivity index is 1.76. The van der Waals surface area contributed by atoms with Gasteiger partial charge in [-0.25, -0.2) is 8.42 Å². The number of nitrogens with zero attached hydrogens (tertiary/aromatic N) is 2. The highest BCUT2D eigenvalue weighted by Gasteiger charge is 2.30. The molecule has 1 N–H and O–H groups in total. The van der Waals surface area contributed by atoms with Crippen LogP contribution >= 0.6 is 0 Å². The monoisotopic (exact) mass is 557 g/mol. The Bertz CT molecular complexity index is 1190. The Morgan fingerprint density at radius 3 is 2.38 bits per heavy atom. The fourth-order valence-electron chi connectivity index (χ4n) is 5.15. The molecule has 2 amide bonds. The fourth-order valence-corrected chi connectivity index (χ4v) is 6.11. The minimum Gasteiger partial charge on any atom is -0.497 e. The highest BCUT2D eigenvalue weighted by atomic mass is 32.2. The van der Waals surface area contributed by atoms with E-state index in [1.807, 2.05) is 50.2 Å². The normalized spacial score (nSPS) is 14.9. The first-order valence-electron chi connectivity index (χ1n) is 13.9. The summed E-state index contributed by atoms with van der Waals surface area (Å²) >= 11 is 0. The van der Waals surface area contributed by atoms with E-state index in [0.717, 1.165) is 36.8 Å². The van der Waals surface area contributed by atoms with E-state index in [2.05, 4.69) is 5.32 Å². The molecule has 9 heteroatoms. The number of amides is 2. The second-order valence-electron chi connectivity index (χ2n) is 10.4. The molecule has 0 spiro atoms. The molecule has 0 unspecified atom stereocenters. The topological polar surface area (TPSA) is 96.0 Å². The molecule has 0 aliphatic heterocycles. The first-order valence-corrected chi connectivity index (χ1v) is 15.7. The number of benzene rings is 2. The average molecular weight is 558 g/mol. The largest absolute Gasteiger partial charge is 0.497 e. The number of ether oxygens (including phenoxy) is 1. The molecule has 1 aliphatic carbocycles. The average Bonchev–Trinajstić information content (AvgIpc) is 2.91. The SMILES string of the molecule is CC[C@H](C(=O)NC1CCCCC1)N(Cc1cccc(OC)c1)C(=O)CCCN(c1ccc(C)cc1)S(C)(=O)=O. The van der Waals surface area contributed by atoms with Crippen LogP contribution < -0.4 is 14.4 Å². The number of rotatable bonds is 13. The number of methoxy groups -OCH3 is 1. The van der Waals surface area contributed by atoms with Crippen LogP contribution in [0.2, 0.25) is 0 Å². The van der Waals surface area contributed by atoms with Crippen LogP contribution in [0.25, 0.3) is 0 Å². The summed E-state index contributed by atoms with van der Waals surface area (Å²) in [7, 11) is -1.93. The summed E-state index contributed by atoms with van der Waals surface area (Å²) in [4.78, 5) is 28.7. The summed E-state index contributed by atoms with van der Waals surface area (Å²) in [6.45, 7) is 4.30. The van der Waals surface area contributed by atoms with Crippen molar-refractivity contribution in [3.63, 3.8) is 0 Å². The van der Waals surface area contributed by atoms with Crippen molar-refractivity contribution in [3.8, 4) is 5.75 Å². The van der Waals surface area contributed by atoms with Crippen LogP contribution in [-0.4, -0.2) is 57.1 Å². The molecule has 0 radical (unpaired) electrons. The summed E-state index contributed by atoms with van der Waals surface area (Å²) in [6, 6.07) is 14.3. The van der Waals surface area contributed by atoms with Gasteiger partial charge >= 0.3 is 0 Å². The van der Waals surface area contributed by atoms with E-state index in [4.69, 9.17) is 4.74 Å². The standard InChI is InChI=1S/C30H43N3O5S/c1-5-28(30(35)31-25-12-7-6-8-13-25)32(22-24-11-9-14-27(21-24)38-3)29(34)15-10-20-33(39(4,36)37)26-18-16-23(2)17-19-26/h9,11,14,16-19,21,25,28H,5-8,10,12-13,15,20,22H2,1-4H3,(H,31,35)/t28-/m1/s1. The molecule has 0 saturated heterocycles. The van der Waals surface area contributed by atoms with Gasteiger partial charge < -0.3 is 15.0 Å². The lowest BCUT2D eigenvalue weighted by atomic mass is 9.95. The van der Waals surface area contributed by atoms with Crippen molar-refractivity contribution >= 4 is 27.5 Å². The van der Waals surface area contributed by atoms with Crippen LogP contribution in [0.3, 0.4) is 0 Å². The Morgan fingerprint density at radius 1 is 1.08 bits per heavy atom. The summed E-state index contributed by atoms with van der Waals surface area (Å²) in [6.07, 6.45) is 7.43. The van der Waals surface area contributed by atoms with Crippen molar-refractivity contribution in [2.45, 2.75) is 83.8 Å². The van der Waals surface area contributed by atoms with Crippen molar-refractivity contribution in [2.24, 2.45) is 0 Å². The summed E-state index contributed by atoms with van der Waals surface area (Å²) < 4.78 is 31.7. The molecule has 8 nitrogen and oxygen atoms in total. The van der Waals surface area contributed by atoms with E-state index < -0.39 is 16.1 Å². The zero-order valence-electron chi connectivity index (χ0n) is 23.7. The van der Waals surface area contributed by atoms with Gasteiger partial charge in [0, 0.05) is 25.6 Å². The molecule has 39 heavy (non-hydrogen) atoms. The van der Waals surface area contributed by atoms with E-state index >= 15 is 0 Å². The second kappa shape index (κ2) is 14.4. The third kappa shape index (κ3) is 8.98. The fraction of sp³-hybridized carbons (Fsp3) is 0.533. The molecular formula is C30H43N3O5S. The maximum Gasteiger partial charge on any atom is 0.243 e. The van der Waals surface area contributed by atoms with Crippen LogP contribution in [0.1, 0.15) is 69.4 Å². The molecule has 1 atom stereocenters.